The molecule has 1 aromatic rings. The first-order valence-corrected chi connectivity index (χ1v) is 8.78. The molecule has 1 N–H and O–H groups in total. The Kier molecular flexibility index (Phi) is 6.63. The molecule has 0 spiro atoms. The molecular weight excluding hydrogens is 328 g/mol. The zero-order chi connectivity index (χ0) is 17.7. The highest BCUT2D eigenvalue weighted by Gasteiger charge is 2.31. The summed E-state index contributed by atoms with van der Waals surface area (Å²) in [6.07, 6.45) is 1.70. The predicted octanol–water partition coefficient (Wildman–Crippen LogP) is 3.25. The molecular formula is C18H25ClN2O3. The summed E-state index contributed by atoms with van der Waals surface area (Å²) in [6.45, 7) is 7.30. The van der Waals surface area contributed by atoms with Crippen molar-refractivity contribution in [1.29, 1.82) is 0 Å². The van der Waals surface area contributed by atoms with E-state index in [0.717, 1.165) is 30.6 Å². The normalized spacial score (nSPS) is 19.6. The Hall–Kier alpha value is -1.59. The molecule has 1 aliphatic heterocycles. The largest absolute Gasteiger partial charge is 0.466 e. The number of hydrogen-bond acceptors (Lipinski definition) is 4. The van der Waals surface area contributed by atoms with Crippen LogP contribution in [0.25, 0.3) is 0 Å². The topological polar surface area (TPSA) is 58.6 Å². The number of carbonyl (C=O) groups excluding carboxylic acids is 2. The molecule has 1 saturated heterocycles. The summed E-state index contributed by atoms with van der Waals surface area (Å²) in [5.74, 6) is -0.410. The number of nitrogens with one attached hydrogen (secondary N) is 1. The van der Waals surface area contributed by atoms with Crippen molar-refractivity contribution in [2.45, 2.75) is 39.7 Å². The van der Waals surface area contributed by atoms with Crippen LogP contribution in [0.3, 0.4) is 0 Å². The number of nitrogens with zero attached hydrogens (tertiary/aromatic N) is 1. The lowest BCUT2D eigenvalue weighted by Crippen LogP contribution is -2.48. The summed E-state index contributed by atoms with van der Waals surface area (Å²) >= 11 is 6.10. The van der Waals surface area contributed by atoms with E-state index >= 15 is 0 Å². The van der Waals surface area contributed by atoms with E-state index in [1.165, 1.54) is 0 Å². The van der Waals surface area contributed by atoms with Crippen LogP contribution in [-0.4, -0.2) is 42.5 Å². The number of carbonyl (C=O) groups is 2. The molecule has 6 heteroatoms. The molecule has 0 radical (unpaired) electrons. The quantitative estimate of drug-likeness (QED) is 0.826. The van der Waals surface area contributed by atoms with Gasteiger partial charge in [-0.15, -0.1) is 0 Å². The molecule has 0 aromatic heterocycles. The summed E-state index contributed by atoms with van der Waals surface area (Å²) in [7, 11) is 0. The number of anilines is 1. The maximum absolute atomic E-state index is 12.6. The third-order valence-corrected chi connectivity index (χ3v) is 4.93. The molecule has 132 valence electrons. The molecule has 0 aliphatic carbocycles. The van der Waals surface area contributed by atoms with Crippen LogP contribution in [0.4, 0.5) is 5.69 Å². The van der Waals surface area contributed by atoms with Gasteiger partial charge in [-0.05, 0) is 57.9 Å². The fourth-order valence-electron chi connectivity index (χ4n) is 2.96. The van der Waals surface area contributed by atoms with Gasteiger partial charge >= 0.3 is 5.97 Å². The van der Waals surface area contributed by atoms with Gasteiger partial charge < -0.3 is 10.1 Å². The van der Waals surface area contributed by atoms with Crippen LogP contribution in [0.2, 0.25) is 5.02 Å². The second kappa shape index (κ2) is 8.49. The van der Waals surface area contributed by atoms with Crippen molar-refractivity contribution in [2.24, 2.45) is 5.92 Å². The third kappa shape index (κ3) is 4.48. The van der Waals surface area contributed by atoms with E-state index in [4.69, 9.17) is 16.3 Å². The minimum Gasteiger partial charge on any atom is -0.466 e. The van der Waals surface area contributed by atoms with Crippen LogP contribution < -0.4 is 5.32 Å². The third-order valence-electron chi connectivity index (χ3n) is 4.53. The van der Waals surface area contributed by atoms with Crippen molar-refractivity contribution >= 4 is 29.2 Å². The summed E-state index contributed by atoms with van der Waals surface area (Å²) < 4.78 is 5.11. The maximum atomic E-state index is 12.6. The number of hydrogen-bond donors (Lipinski definition) is 1. The van der Waals surface area contributed by atoms with Gasteiger partial charge in [0.25, 0.3) is 0 Å². The van der Waals surface area contributed by atoms with E-state index in [-0.39, 0.29) is 23.8 Å². The van der Waals surface area contributed by atoms with Crippen molar-refractivity contribution in [1.82, 2.24) is 4.90 Å². The zero-order valence-corrected chi connectivity index (χ0v) is 15.2. The second-order valence-corrected chi connectivity index (χ2v) is 6.57. The van der Waals surface area contributed by atoms with Gasteiger partial charge in [0, 0.05) is 17.3 Å². The molecule has 0 bridgehead atoms. The summed E-state index contributed by atoms with van der Waals surface area (Å²) in [6, 6.07) is 5.13. The highest BCUT2D eigenvalue weighted by molar-refractivity contribution is 6.31. The number of rotatable bonds is 5. The number of benzene rings is 1. The van der Waals surface area contributed by atoms with Crippen molar-refractivity contribution in [3.8, 4) is 0 Å². The fourth-order valence-corrected chi connectivity index (χ4v) is 3.13. The predicted molar refractivity (Wildman–Crippen MR) is 95.2 cm³/mol. The number of halogens is 1. The van der Waals surface area contributed by atoms with Crippen molar-refractivity contribution in [2.75, 3.05) is 25.0 Å². The number of piperidine rings is 1. The van der Waals surface area contributed by atoms with Crippen LogP contribution in [0.5, 0.6) is 0 Å². The van der Waals surface area contributed by atoms with E-state index < -0.39 is 0 Å². The number of ether oxygens (including phenoxy) is 1. The minimum atomic E-state index is -0.319. The lowest BCUT2D eigenvalue weighted by Gasteiger charge is -2.35. The molecule has 1 heterocycles. The standard InChI is InChI=1S/C18H25ClN2O3/c1-4-24-18(23)14-7-6-10-21(11-14)13(3)17(22)20-16-9-5-8-15(19)12(16)2/h5,8-9,13-14H,4,6-7,10-11H2,1-3H3,(H,20,22)/t13-,14+/m0/s1. The Balaban J connectivity index is 1.99. The first-order chi connectivity index (χ1) is 11.4. The van der Waals surface area contributed by atoms with E-state index in [0.29, 0.717) is 18.2 Å². The van der Waals surface area contributed by atoms with Crippen LogP contribution in [-0.2, 0) is 14.3 Å². The van der Waals surface area contributed by atoms with Crippen LogP contribution in [0.15, 0.2) is 18.2 Å². The molecule has 0 saturated carbocycles. The molecule has 1 aliphatic rings. The van der Waals surface area contributed by atoms with E-state index in [9.17, 15) is 9.59 Å². The van der Waals surface area contributed by atoms with E-state index in [1.807, 2.05) is 37.8 Å². The molecule has 2 rings (SSSR count). The Labute approximate surface area is 148 Å². The second-order valence-electron chi connectivity index (χ2n) is 6.16. The van der Waals surface area contributed by atoms with Gasteiger partial charge in [0.15, 0.2) is 0 Å². The van der Waals surface area contributed by atoms with Gasteiger partial charge in [-0.2, -0.15) is 0 Å². The molecule has 24 heavy (non-hydrogen) atoms. The molecule has 1 aromatic carbocycles. The van der Waals surface area contributed by atoms with Gasteiger partial charge in [-0.1, -0.05) is 17.7 Å². The Morgan fingerprint density at radius 1 is 1.46 bits per heavy atom. The number of likely N-dealkylation sites (tertiary alicyclic amines) is 1. The van der Waals surface area contributed by atoms with Crippen LogP contribution in [0.1, 0.15) is 32.3 Å². The molecule has 1 amide bonds. The summed E-state index contributed by atoms with van der Waals surface area (Å²) in [5.41, 5.74) is 1.57. The first-order valence-electron chi connectivity index (χ1n) is 8.40. The van der Waals surface area contributed by atoms with Gasteiger partial charge in [-0.25, -0.2) is 0 Å². The average molecular weight is 353 g/mol. The van der Waals surface area contributed by atoms with Crippen LogP contribution in [0, 0.1) is 12.8 Å². The van der Waals surface area contributed by atoms with E-state index in [1.54, 1.807) is 6.07 Å². The summed E-state index contributed by atoms with van der Waals surface area (Å²) in [5, 5.41) is 3.56. The summed E-state index contributed by atoms with van der Waals surface area (Å²) in [4.78, 5) is 26.6. The lowest BCUT2D eigenvalue weighted by atomic mass is 9.97. The van der Waals surface area contributed by atoms with Crippen molar-refractivity contribution in [3.05, 3.63) is 28.8 Å². The van der Waals surface area contributed by atoms with Gasteiger partial charge in [0.05, 0.1) is 18.6 Å². The zero-order valence-electron chi connectivity index (χ0n) is 14.5. The number of esters is 1. The van der Waals surface area contributed by atoms with Gasteiger partial charge in [0.1, 0.15) is 0 Å². The van der Waals surface area contributed by atoms with E-state index in [2.05, 4.69) is 5.32 Å². The molecule has 0 unspecified atom stereocenters. The first kappa shape index (κ1) is 18.7. The Morgan fingerprint density at radius 3 is 2.92 bits per heavy atom. The fraction of sp³-hybridized carbons (Fsp3) is 0.556. The minimum absolute atomic E-state index is 0.0927. The highest BCUT2D eigenvalue weighted by atomic mass is 35.5. The molecule has 2 atom stereocenters. The monoisotopic (exact) mass is 352 g/mol. The maximum Gasteiger partial charge on any atom is 0.310 e. The SMILES string of the molecule is CCOC(=O)[C@@H]1CCCN([C@@H](C)C(=O)Nc2cccc(Cl)c2C)C1. The van der Waals surface area contributed by atoms with Crippen molar-refractivity contribution in [3.63, 3.8) is 0 Å². The van der Waals surface area contributed by atoms with Gasteiger partial charge in [-0.3, -0.25) is 14.5 Å². The molecule has 5 nitrogen and oxygen atoms in total. The van der Waals surface area contributed by atoms with Crippen LogP contribution >= 0.6 is 11.6 Å². The number of amides is 1. The smallest absolute Gasteiger partial charge is 0.310 e. The average Bonchev–Trinajstić information content (AvgIpc) is 2.58. The van der Waals surface area contributed by atoms with Gasteiger partial charge in [0.2, 0.25) is 5.91 Å². The Bertz CT molecular complexity index is 606. The lowest BCUT2D eigenvalue weighted by molar-refractivity contribution is -0.150. The molecule has 1 fully saturated rings. The Morgan fingerprint density at radius 2 is 2.21 bits per heavy atom. The highest BCUT2D eigenvalue weighted by Crippen LogP contribution is 2.24. The van der Waals surface area contributed by atoms with Crippen molar-refractivity contribution < 1.29 is 14.3 Å².